The monoisotopic (exact) mass is 371 g/mol. The zero-order valence-electron chi connectivity index (χ0n) is 15.9. The first-order valence-corrected chi connectivity index (χ1v) is 8.93. The van der Waals surface area contributed by atoms with Gasteiger partial charge in [0.15, 0.2) is 5.76 Å². The van der Waals surface area contributed by atoms with E-state index in [0.29, 0.717) is 12.2 Å². The van der Waals surface area contributed by atoms with Crippen molar-refractivity contribution in [3.63, 3.8) is 0 Å². The molecule has 1 aromatic carbocycles. The van der Waals surface area contributed by atoms with E-state index in [9.17, 15) is 9.59 Å². The summed E-state index contributed by atoms with van der Waals surface area (Å²) in [4.78, 5) is 28.5. The second-order valence-corrected chi connectivity index (χ2v) is 6.86. The van der Waals surface area contributed by atoms with Gasteiger partial charge in [-0.15, -0.1) is 0 Å². The quantitative estimate of drug-likeness (QED) is 0.772. The average molecular weight is 371 g/mol. The van der Waals surface area contributed by atoms with E-state index < -0.39 is 0 Å². The number of rotatable bonds is 8. The fraction of sp³-hybridized carbons (Fsp3) is 0.400. The number of carbonyl (C=O) groups excluding carboxylic acids is 2. The molecule has 27 heavy (non-hydrogen) atoms. The standard InChI is InChI=1S/C20H25N3O4/c1-22(2)17-9-6-15(21-20(25)18-5-4-10-27-18)11-14(17)12-23(16-7-8-16)19(24)13-26-3/h4-6,9-11,16H,7-8,12-13H2,1-3H3,(H,21,25). The Hall–Kier alpha value is -2.80. The van der Waals surface area contributed by atoms with Crippen LogP contribution in [0.25, 0.3) is 0 Å². The van der Waals surface area contributed by atoms with Crippen molar-refractivity contribution >= 4 is 23.2 Å². The summed E-state index contributed by atoms with van der Waals surface area (Å²) in [7, 11) is 5.44. The lowest BCUT2D eigenvalue weighted by Crippen LogP contribution is -2.35. The highest BCUT2D eigenvalue weighted by Gasteiger charge is 2.33. The molecule has 3 rings (SSSR count). The summed E-state index contributed by atoms with van der Waals surface area (Å²) in [5.74, 6) is -0.0732. The number of nitrogens with one attached hydrogen (secondary N) is 1. The molecule has 144 valence electrons. The molecule has 0 saturated heterocycles. The first kappa shape index (κ1) is 19.0. The summed E-state index contributed by atoms with van der Waals surface area (Å²) < 4.78 is 10.2. The van der Waals surface area contributed by atoms with Gasteiger partial charge < -0.3 is 24.3 Å². The minimum absolute atomic E-state index is 0.0188. The normalized spacial score (nSPS) is 13.3. The topological polar surface area (TPSA) is 75.0 Å². The van der Waals surface area contributed by atoms with Crippen LogP contribution >= 0.6 is 0 Å². The Morgan fingerprint density at radius 1 is 1.26 bits per heavy atom. The van der Waals surface area contributed by atoms with Gasteiger partial charge in [0.25, 0.3) is 5.91 Å². The molecule has 0 atom stereocenters. The molecule has 2 amide bonds. The number of anilines is 2. The van der Waals surface area contributed by atoms with E-state index in [4.69, 9.17) is 9.15 Å². The number of hydrogen-bond donors (Lipinski definition) is 1. The summed E-state index contributed by atoms with van der Waals surface area (Å²) in [5.41, 5.74) is 2.63. The molecule has 1 saturated carbocycles. The van der Waals surface area contributed by atoms with Crippen LogP contribution in [0, 0.1) is 0 Å². The Balaban J connectivity index is 1.83. The SMILES string of the molecule is COCC(=O)N(Cc1cc(NC(=O)c2ccco2)ccc1N(C)C)C1CC1. The van der Waals surface area contributed by atoms with Crippen LogP contribution in [0.1, 0.15) is 29.0 Å². The van der Waals surface area contributed by atoms with Crippen LogP contribution in [-0.4, -0.2) is 50.6 Å². The molecule has 0 aliphatic heterocycles. The summed E-state index contributed by atoms with van der Waals surface area (Å²) >= 11 is 0. The summed E-state index contributed by atoms with van der Waals surface area (Å²) in [5, 5.41) is 2.84. The molecule has 0 radical (unpaired) electrons. The molecular weight excluding hydrogens is 346 g/mol. The maximum atomic E-state index is 12.4. The zero-order chi connectivity index (χ0) is 19.4. The second-order valence-electron chi connectivity index (χ2n) is 6.86. The van der Waals surface area contributed by atoms with Crippen molar-refractivity contribution < 1.29 is 18.7 Å². The average Bonchev–Trinajstić information content (AvgIpc) is 3.31. The maximum Gasteiger partial charge on any atom is 0.291 e. The zero-order valence-corrected chi connectivity index (χ0v) is 15.9. The molecule has 7 nitrogen and oxygen atoms in total. The first-order chi connectivity index (χ1) is 13.0. The highest BCUT2D eigenvalue weighted by atomic mass is 16.5. The lowest BCUT2D eigenvalue weighted by atomic mass is 10.1. The molecular formula is C20H25N3O4. The van der Waals surface area contributed by atoms with Crippen LogP contribution in [0.2, 0.25) is 0 Å². The minimum atomic E-state index is -0.307. The van der Waals surface area contributed by atoms with Gasteiger partial charge in [-0.3, -0.25) is 9.59 Å². The summed E-state index contributed by atoms with van der Waals surface area (Å²) in [6.07, 6.45) is 3.49. The Morgan fingerprint density at radius 3 is 2.63 bits per heavy atom. The predicted octanol–water partition coefficient (Wildman–Crippen LogP) is 2.74. The van der Waals surface area contributed by atoms with Gasteiger partial charge in [-0.2, -0.15) is 0 Å². The molecule has 1 heterocycles. The Kier molecular flexibility index (Phi) is 5.81. The number of carbonyl (C=O) groups is 2. The van der Waals surface area contributed by atoms with E-state index in [1.165, 1.54) is 13.4 Å². The van der Waals surface area contributed by atoms with Gasteiger partial charge >= 0.3 is 0 Å². The van der Waals surface area contributed by atoms with Crippen LogP contribution in [-0.2, 0) is 16.1 Å². The third-order valence-electron chi connectivity index (χ3n) is 4.48. The number of amides is 2. The van der Waals surface area contributed by atoms with Gasteiger partial charge in [-0.1, -0.05) is 0 Å². The Labute approximate surface area is 158 Å². The predicted molar refractivity (Wildman–Crippen MR) is 103 cm³/mol. The number of furan rings is 1. The maximum absolute atomic E-state index is 12.4. The number of benzene rings is 1. The molecule has 0 bridgehead atoms. The van der Waals surface area contributed by atoms with Crippen molar-refractivity contribution in [1.82, 2.24) is 4.90 Å². The Bertz CT molecular complexity index is 798. The van der Waals surface area contributed by atoms with Crippen molar-refractivity contribution in [1.29, 1.82) is 0 Å². The number of methoxy groups -OCH3 is 1. The van der Waals surface area contributed by atoms with E-state index in [0.717, 1.165) is 24.1 Å². The molecule has 7 heteroatoms. The van der Waals surface area contributed by atoms with Crippen molar-refractivity contribution in [2.45, 2.75) is 25.4 Å². The van der Waals surface area contributed by atoms with E-state index in [1.807, 2.05) is 42.1 Å². The summed E-state index contributed by atoms with van der Waals surface area (Å²) in [6.45, 7) is 0.549. The summed E-state index contributed by atoms with van der Waals surface area (Å²) in [6, 6.07) is 9.25. The van der Waals surface area contributed by atoms with E-state index in [2.05, 4.69) is 5.32 Å². The number of nitrogens with zero attached hydrogens (tertiary/aromatic N) is 2. The van der Waals surface area contributed by atoms with E-state index in [-0.39, 0.29) is 30.2 Å². The van der Waals surface area contributed by atoms with Crippen molar-refractivity contribution in [3.8, 4) is 0 Å². The molecule has 0 spiro atoms. The first-order valence-electron chi connectivity index (χ1n) is 8.93. The van der Waals surface area contributed by atoms with Gasteiger partial charge in [-0.25, -0.2) is 0 Å². The van der Waals surface area contributed by atoms with E-state index in [1.54, 1.807) is 12.1 Å². The Morgan fingerprint density at radius 2 is 2.04 bits per heavy atom. The van der Waals surface area contributed by atoms with Crippen molar-refractivity contribution in [3.05, 3.63) is 47.9 Å². The van der Waals surface area contributed by atoms with Crippen LogP contribution < -0.4 is 10.2 Å². The molecule has 1 fully saturated rings. The van der Waals surface area contributed by atoms with E-state index >= 15 is 0 Å². The van der Waals surface area contributed by atoms with Crippen LogP contribution in [0.4, 0.5) is 11.4 Å². The lowest BCUT2D eigenvalue weighted by Gasteiger charge is -2.26. The van der Waals surface area contributed by atoms with Gasteiger partial charge in [0, 0.05) is 45.2 Å². The third kappa shape index (κ3) is 4.68. The molecule has 1 aliphatic carbocycles. The lowest BCUT2D eigenvalue weighted by molar-refractivity contribution is -0.136. The third-order valence-corrected chi connectivity index (χ3v) is 4.48. The van der Waals surface area contributed by atoms with Crippen molar-refractivity contribution in [2.24, 2.45) is 0 Å². The number of hydrogen-bond acceptors (Lipinski definition) is 5. The van der Waals surface area contributed by atoms with Gasteiger partial charge in [-0.05, 0) is 48.7 Å². The van der Waals surface area contributed by atoms with Crippen LogP contribution in [0.15, 0.2) is 41.0 Å². The fourth-order valence-electron chi connectivity index (χ4n) is 3.02. The molecule has 2 aromatic rings. The molecule has 0 unspecified atom stereocenters. The fourth-order valence-corrected chi connectivity index (χ4v) is 3.02. The minimum Gasteiger partial charge on any atom is -0.459 e. The highest BCUT2D eigenvalue weighted by molar-refractivity contribution is 6.02. The van der Waals surface area contributed by atoms with Crippen LogP contribution in [0.5, 0.6) is 0 Å². The highest BCUT2D eigenvalue weighted by Crippen LogP contribution is 2.31. The number of ether oxygens (including phenoxy) is 1. The van der Waals surface area contributed by atoms with Gasteiger partial charge in [0.1, 0.15) is 6.61 Å². The molecule has 1 N–H and O–H groups in total. The van der Waals surface area contributed by atoms with Crippen LogP contribution in [0.3, 0.4) is 0 Å². The largest absolute Gasteiger partial charge is 0.459 e. The molecule has 1 aromatic heterocycles. The molecule has 1 aliphatic rings. The smallest absolute Gasteiger partial charge is 0.291 e. The van der Waals surface area contributed by atoms with Crippen molar-refractivity contribution in [2.75, 3.05) is 38.0 Å². The van der Waals surface area contributed by atoms with Gasteiger partial charge in [0.05, 0.1) is 6.26 Å². The second kappa shape index (κ2) is 8.26. The van der Waals surface area contributed by atoms with Gasteiger partial charge in [0.2, 0.25) is 5.91 Å².